The van der Waals surface area contributed by atoms with Gasteiger partial charge in [0.15, 0.2) is 0 Å². The molecule has 1 saturated heterocycles. The molecule has 0 radical (unpaired) electrons. The highest BCUT2D eigenvalue weighted by Crippen LogP contribution is 2.22. The Balaban J connectivity index is 2.27. The van der Waals surface area contributed by atoms with E-state index in [1.54, 1.807) is 0 Å². The van der Waals surface area contributed by atoms with Gasteiger partial charge in [-0.1, -0.05) is 12.1 Å². The Morgan fingerprint density at radius 1 is 1.20 bits per heavy atom. The Bertz CT molecular complexity index is 325. The third-order valence-electron chi connectivity index (χ3n) is 3.13. The fourth-order valence-electron chi connectivity index (χ4n) is 2.43. The zero-order valence-corrected chi connectivity index (χ0v) is 9.83. The maximum absolute atomic E-state index is 3.46. The standard InChI is InChI=1S/C13H20N2/c1-10-5-4-6-13(7-10)15-11(2)8-14-9-12(15)3/h4-7,11-12,14H,8-9H2,1-3H3/t11-,12?/m1/s1. The van der Waals surface area contributed by atoms with Gasteiger partial charge in [-0.2, -0.15) is 0 Å². The van der Waals surface area contributed by atoms with E-state index in [0.29, 0.717) is 12.1 Å². The molecular formula is C13H20N2. The Labute approximate surface area is 92.3 Å². The van der Waals surface area contributed by atoms with E-state index >= 15 is 0 Å². The van der Waals surface area contributed by atoms with Crippen LogP contribution in [0.4, 0.5) is 5.69 Å². The fourth-order valence-corrected chi connectivity index (χ4v) is 2.43. The number of piperazine rings is 1. The summed E-state index contributed by atoms with van der Waals surface area (Å²) in [5.74, 6) is 0. The predicted molar refractivity (Wildman–Crippen MR) is 65.5 cm³/mol. The van der Waals surface area contributed by atoms with Gasteiger partial charge >= 0.3 is 0 Å². The number of rotatable bonds is 1. The normalized spacial score (nSPS) is 26.7. The van der Waals surface area contributed by atoms with Crippen molar-refractivity contribution in [1.82, 2.24) is 5.32 Å². The Hall–Kier alpha value is -1.02. The van der Waals surface area contributed by atoms with Crippen molar-refractivity contribution < 1.29 is 0 Å². The van der Waals surface area contributed by atoms with Gasteiger partial charge < -0.3 is 10.2 Å². The van der Waals surface area contributed by atoms with Crippen molar-refractivity contribution in [1.29, 1.82) is 0 Å². The number of aryl methyl sites for hydroxylation is 1. The summed E-state index contributed by atoms with van der Waals surface area (Å²) < 4.78 is 0. The van der Waals surface area contributed by atoms with E-state index in [4.69, 9.17) is 0 Å². The Kier molecular flexibility index (Phi) is 2.96. The van der Waals surface area contributed by atoms with Crippen molar-refractivity contribution >= 4 is 5.69 Å². The van der Waals surface area contributed by atoms with Crippen LogP contribution in [0.25, 0.3) is 0 Å². The molecule has 0 amide bonds. The highest BCUT2D eigenvalue weighted by molar-refractivity contribution is 5.50. The molecule has 0 spiro atoms. The van der Waals surface area contributed by atoms with Gasteiger partial charge in [0.05, 0.1) is 0 Å². The quantitative estimate of drug-likeness (QED) is 0.754. The van der Waals surface area contributed by atoms with E-state index in [9.17, 15) is 0 Å². The van der Waals surface area contributed by atoms with Crippen molar-refractivity contribution in [2.45, 2.75) is 32.9 Å². The molecule has 2 atom stereocenters. The zero-order valence-electron chi connectivity index (χ0n) is 9.83. The number of hydrogen-bond acceptors (Lipinski definition) is 2. The second-order valence-electron chi connectivity index (χ2n) is 4.60. The van der Waals surface area contributed by atoms with Gasteiger partial charge in [0.2, 0.25) is 0 Å². The fraction of sp³-hybridized carbons (Fsp3) is 0.538. The average molecular weight is 204 g/mol. The van der Waals surface area contributed by atoms with Gasteiger partial charge in [-0.15, -0.1) is 0 Å². The molecule has 1 fully saturated rings. The molecule has 2 rings (SSSR count). The first kappa shape index (κ1) is 10.5. The first-order chi connectivity index (χ1) is 7.18. The third-order valence-corrected chi connectivity index (χ3v) is 3.13. The minimum absolute atomic E-state index is 0.579. The van der Waals surface area contributed by atoms with Gasteiger partial charge in [-0.3, -0.25) is 0 Å². The van der Waals surface area contributed by atoms with Crippen LogP contribution in [0.2, 0.25) is 0 Å². The van der Waals surface area contributed by atoms with Gasteiger partial charge in [0.1, 0.15) is 0 Å². The molecular weight excluding hydrogens is 184 g/mol. The SMILES string of the molecule is Cc1cccc(N2C(C)CNC[C@H]2C)c1. The van der Waals surface area contributed by atoms with Crippen molar-refractivity contribution in [3.05, 3.63) is 29.8 Å². The van der Waals surface area contributed by atoms with E-state index in [-0.39, 0.29) is 0 Å². The van der Waals surface area contributed by atoms with Crippen LogP contribution < -0.4 is 10.2 Å². The van der Waals surface area contributed by atoms with E-state index in [0.717, 1.165) is 13.1 Å². The smallest absolute Gasteiger partial charge is 0.0389 e. The van der Waals surface area contributed by atoms with Gasteiger partial charge in [-0.25, -0.2) is 0 Å². The first-order valence-electron chi connectivity index (χ1n) is 5.74. The summed E-state index contributed by atoms with van der Waals surface area (Å²) in [5.41, 5.74) is 2.70. The molecule has 1 aromatic carbocycles. The van der Waals surface area contributed by atoms with Gasteiger partial charge in [-0.05, 0) is 38.5 Å². The van der Waals surface area contributed by atoms with Crippen molar-refractivity contribution in [2.24, 2.45) is 0 Å². The lowest BCUT2D eigenvalue weighted by Crippen LogP contribution is -2.55. The summed E-state index contributed by atoms with van der Waals surface area (Å²) in [6.07, 6.45) is 0. The highest BCUT2D eigenvalue weighted by Gasteiger charge is 2.24. The van der Waals surface area contributed by atoms with Crippen LogP contribution >= 0.6 is 0 Å². The molecule has 1 heterocycles. The van der Waals surface area contributed by atoms with Crippen molar-refractivity contribution in [2.75, 3.05) is 18.0 Å². The maximum atomic E-state index is 3.46. The van der Waals surface area contributed by atoms with Crippen molar-refractivity contribution in [3.63, 3.8) is 0 Å². The molecule has 15 heavy (non-hydrogen) atoms. The minimum atomic E-state index is 0.579. The van der Waals surface area contributed by atoms with E-state index in [2.05, 4.69) is 55.3 Å². The van der Waals surface area contributed by atoms with Crippen LogP contribution in [0, 0.1) is 6.92 Å². The second-order valence-corrected chi connectivity index (χ2v) is 4.60. The lowest BCUT2D eigenvalue weighted by molar-refractivity contribution is 0.432. The molecule has 1 aliphatic heterocycles. The topological polar surface area (TPSA) is 15.3 Å². The lowest BCUT2D eigenvalue weighted by Gasteiger charge is -2.41. The molecule has 1 aliphatic rings. The van der Waals surface area contributed by atoms with Crippen LogP contribution in [0.5, 0.6) is 0 Å². The Morgan fingerprint density at radius 2 is 1.87 bits per heavy atom. The molecule has 0 aliphatic carbocycles. The molecule has 1 N–H and O–H groups in total. The highest BCUT2D eigenvalue weighted by atomic mass is 15.2. The van der Waals surface area contributed by atoms with E-state index in [1.807, 2.05) is 0 Å². The summed E-state index contributed by atoms with van der Waals surface area (Å²) in [6, 6.07) is 9.95. The third kappa shape index (κ3) is 2.15. The van der Waals surface area contributed by atoms with Crippen LogP contribution in [-0.4, -0.2) is 25.2 Å². The second kappa shape index (κ2) is 4.23. The van der Waals surface area contributed by atoms with Crippen LogP contribution in [0.1, 0.15) is 19.4 Å². The maximum Gasteiger partial charge on any atom is 0.0389 e. The van der Waals surface area contributed by atoms with E-state index in [1.165, 1.54) is 11.3 Å². The zero-order chi connectivity index (χ0) is 10.8. The summed E-state index contributed by atoms with van der Waals surface area (Å²) in [4.78, 5) is 2.52. The molecule has 2 nitrogen and oxygen atoms in total. The number of benzene rings is 1. The molecule has 1 unspecified atom stereocenters. The van der Waals surface area contributed by atoms with Crippen LogP contribution in [0.3, 0.4) is 0 Å². The largest absolute Gasteiger partial charge is 0.364 e. The lowest BCUT2D eigenvalue weighted by atomic mass is 10.1. The molecule has 0 bridgehead atoms. The predicted octanol–water partition coefficient (Wildman–Crippen LogP) is 2.18. The van der Waals surface area contributed by atoms with E-state index < -0.39 is 0 Å². The molecule has 0 saturated carbocycles. The summed E-state index contributed by atoms with van der Waals surface area (Å²) in [7, 11) is 0. The number of hydrogen-bond donors (Lipinski definition) is 1. The number of nitrogens with zero attached hydrogens (tertiary/aromatic N) is 1. The monoisotopic (exact) mass is 204 g/mol. The number of anilines is 1. The summed E-state index contributed by atoms with van der Waals surface area (Å²) >= 11 is 0. The molecule has 82 valence electrons. The first-order valence-corrected chi connectivity index (χ1v) is 5.74. The minimum Gasteiger partial charge on any atom is -0.364 e. The Morgan fingerprint density at radius 3 is 2.47 bits per heavy atom. The summed E-state index contributed by atoms with van der Waals surface area (Å²) in [6.45, 7) is 8.88. The molecule has 0 aromatic heterocycles. The summed E-state index contributed by atoms with van der Waals surface area (Å²) in [5, 5.41) is 3.46. The van der Waals surface area contributed by atoms with Gasteiger partial charge in [0, 0.05) is 30.9 Å². The average Bonchev–Trinajstić information content (AvgIpc) is 2.17. The molecule has 2 heteroatoms. The van der Waals surface area contributed by atoms with Crippen molar-refractivity contribution in [3.8, 4) is 0 Å². The van der Waals surface area contributed by atoms with Crippen LogP contribution in [0.15, 0.2) is 24.3 Å². The molecule has 1 aromatic rings. The number of nitrogens with one attached hydrogen (secondary N) is 1. The van der Waals surface area contributed by atoms with Crippen LogP contribution in [-0.2, 0) is 0 Å². The van der Waals surface area contributed by atoms with Gasteiger partial charge in [0.25, 0.3) is 0 Å².